The molecular formula is C21H21FN2O4. The minimum atomic E-state index is -0.676. The van der Waals surface area contributed by atoms with E-state index in [9.17, 15) is 14.0 Å². The van der Waals surface area contributed by atoms with Crippen LogP contribution in [0.4, 0.5) is 4.39 Å². The van der Waals surface area contributed by atoms with Crippen LogP contribution in [0.15, 0.2) is 48.5 Å². The lowest BCUT2D eigenvalue weighted by Crippen LogP contribution is -2.55. The minimum Gasteiger partial charge on any atom is -0.485 e. The number of benzene rings is 2. The van der Waals surface area contributed by atoms with Crippen LogP contribution >= 0.6 is 0 Å². The van der Waals surface area contributed by atoms with E-state index in [4.69, 9.17) is 9.47 Å². The van der Waals surface area contributed by atoms with Gasteiger partial charge in [0.1, 0.15) is 12.4 Å². The number of nitrogens with zero attached hydrogens (tertiary/aromatic N) is 2. The number of rotatable bonds is 3. The van der Waals surface area contributed by atoms with Crippen LogP contribution in [0.25, 0.3) is 0 Å². The fourth-order valence-electron chi connectivity index (χ4n) is 3.45. The predicted molar refractivity (Wildman–Crippen MR) is 99.6 cm³/mol. The van der Waals surface area contributed by atoms with E-state index in [0.717, 1.165) is 0 Å². The number of carbonyl (C=O) groups is 2. The summed E-state index contributed by atoms with van der Waals surface area (Å²) >= 11 is 0. The highest BCUT2D eigenvalue weighted by Crippen LogP contribution is 2.31. The van der Waals surface area contributed by atoms with Crippen LogP contribution in [0.3, 0.4) is 0 Å². The maximum Gasteiger partial charge on any atom is 0.267 e. The normalized spacial score (nSPS) is 18.7. The summed E-state index contributed by atoms with van der Waals surface area (Å²) in [5.74, 6) is 0.655. The Balaban J connectivity index is 1.30. The highest BCUT2D eigenvalue weighted by atomic mass is 19.1. The van der Waals surface area contributed by atoms with Crippen LogP contribution in [0, 0.1) is 5.82 Å². The van der Waals surface area contributed by atoms with Gasteiger partial charge in [-0.1, -0.05) is 24.3 Å². The zero-order chi connectivity index (χ0) is 19.5. The van der Waals surface area contributed by atoms with Gasteiger partial charge in [0, 0.05) is 26.2 Å². The summed E-state index contributed by atoms with van der Waals surface area (Å²) in [5, 5.41) is 0. The Labute approximate surface area is 162 Å². The van der Waals surface area contributed by atoms with Crippen LogP contribution < -0.4 is 9.47 Å². The van der Waals surface area contributed by atoms with Gasteiger partial charge in [-0.15, -0.1) is 0 Å². The second kappa shape index (κ2) is 7.88. The highest BCUT2D eigenvalue weighted by molar-refractivity contribution is 5.83. The van der Waals surface area contributed by atoms with Crippen molar-refractivity contribution >= 4 is 11.8 Å². The molecule has 0 saturated carbocycles. The maximum absolute atomic E-state index is 13.3. The molecule has 0 radical (unpaired) electrons. The van der Waals surface area contributed by atoms with E-state index in [1.165, 1.54) is 12.1 Å². The van der Waals surface area contributed by atoms with Crippen molar-refractivity contribution in [3.63, 3.8) is 0 Å². The Hall–Kier alpha value is -3.09. The molecule has 7 heteroatoms. The number of halogens is 1. The predicted octanol–water partition coefficient (Wildman–Crippen LogP) is 1.88. The van der Waals surface area contributed by atoms with Gasteiger partial charge >= 0.3 is 0 Å². The molecule has 2 aliphatic rings. The van der Waals surface area contributed by atoms with Gasteiger partial charge < -0.3 is 19.3 Å². The molecule has 2 aromatic rings. The molecule has 0 aliphatic carbocycles. The first-order valence-electron chi connectivity index (χ1n) is 9.29. The molecule has 2 aliphatic heterocycles. The number of piperazine rings is 1. The Bertz CT molecular complexity index is 880. The van der Waals surface area contributed by atoms with Gasteiger partial charge in [0.2, 0.25) is 12.0 Å². The van der Waals surface area contributed by atoms with E-state index in [1.54, 1.807) is 34.1 Å². The largest absolute Gasteiger partial charge is 0.485 e. The zero-order valence-electron chi connectivity index (χ0n) is 15.3. The third-order valence-corrected chi connectivity index (χ3v) is 4.97. The number of carbonyl (C=O) groups excluding carboxylic acids is 2. The molecule has 1 atom stereocenters. The van der Waals surface area contributed by atoms with Gasteiger partial charge in [0.05, 0.1) is 6.42 Å². The average Bonchev–Trinajstić information content (AvgIpc) is 2.73. The van der Waals surface area contributed by atoms with Gasteiger partial charge in [0.15, 0.2) is 11.5 Å². The summed E-state index contributed by atoms with van der Waals surface area (Å²) in [7, 11) is 0. The smallest absolute Gasteiger partial charge is 0.267 e. The summed E-state index contributed by atoms with van der Waals surface area (Å²) in [6.07, 6.45) is -0.522. The summed E-state index contributed by atoms with van der Waals surface area (Å²) in [6, 6.07) is 13.3. The number of ether oxygens (including phenoxy) is 2. The van der Waals surface area contributed by atoms with Crippen molar-refractivity contribution in [3.05, 3.63) is 59.9 Å². The van der Waals surface area contributed by atoms with Crippen molar-refractivity contribution < 1.29 is 23.5 Å². The Morgan fingerprint density at radius 1 is 0.964 bits per heavy atom. The Morgan fingerprint density at radius 2 is 1.68 bits per heavy atom. The molecule has 4 rings (SSSR count). The fraction of sp³-hybridized carbons (Fsp3) is 0.333. The molecule has 28 heavy (non-hydrogen) atoms. The van der Waals surface area contributed by atoms with Crippen LogP contribution in [0.1, 0.15) is 5.56 Å². The number of para-hydroxylation sites is 2. The summed E-state index contributed by atoms with van der Waals surface area (Å²) in [6.45, 7) is 1.95. The van der Waals surface area contributed by atoms with Gasteiger partial charge in [-0.3, -0.25) is 9.59 Å². The molecule has 0 unspecified atom stereocenters. The van der Waals surface area contributed by atoms with Crippen molar-refractivity contribution in [2.24, 2.45) is 0 Å². The molecular weight excluding hydrogens is 363 g/mol. The van der Waals surface area contributed by atoms with Crippen molar-refractivity contribution in [2.75, 3.05) is 32.8 Å². The highest BCUT2D eigenvalue weighted by Gasteiger charge is 2.33. The van der Waals surface area contributed by atoms with Crippen LogP contribution in [0.5, 0.6) is 11.5 Å². The molecule has 146 valence electrons. The van der Waals surface area contributed by atoms with Crippen molar-refractivity contribution in [1.29, 1.82) is 0 Å². The van der Waals surface area contributed by atoms with E-state index in [2.05, 4.69) is 0 Å². The van der Waals surface area contributed by atoms with E-state index in [1.807, 2.05) is 12.1 Å². The molecule has 0 aromatic heterocycles. The zero-order valence-corrected chi connectivity index (χ0v) is 15.3. The first-order chi connectivity index (χ1) is 13.6. The molecule has 2 aromatic carbocycles. The molecule has 6 nitrogen and oxygen atoms in total. The lowest BCUT2D eigenvalue weighted by molar-refractivity contribution is -0.146. The summed E-state index contributed by atoms with van der Waals surface area (Å²) in [5.41, 5.74) is 0.648. The van der Waals surface area contributed by atoms with Crippen molar-refractivity contribution in [3.8, 4) is 11.5 Å². The number of amides is 2. The van der Waals surface area contributed by atoms with E-state index in [0.29, 0.717) is 43.2 Å². The van der Waals surface area contributed by atoms with Gasteiger partial charge in [-0.05, 0) is 29.8 Å². The quantitative estimate of drug-likeness (QED) is 0.811. The van der Waals surface area contributed by atoms with Crippen LogP contribution in [0.2, 0.25) is 0 Å². The van der Waals surface area contributed by atoms with E-state index in [-0.39, 0.29) is 30.7 Å². The second-order valence-corrected chi connectivity index (χ2v) is 6.88. The van der Waals surface area contributed by atoms with Crippen LogP contribution in [-0.2, 0) is 16.0 Å². The fourth-order valence-corrected chi connectivity index (χ4v) is 3.45. The molecule has 0 spiro atoms. The number of hydrogen-bond acceptors (Lipinski definition) is 4. The lowest BCUT2D eigenvalue weighted by Gasteiger charge is -2.37. The van der Waals surface area contributed by atoms with E-state index >= 15 is 0 Å². The Morgan fingerprint density at radius 3 is 2.43 bits per heavy atom. The monoisotopic (exact) mass is 384 g/mol. The summed E-state index contributed by atoms with van der Waals surface area (Å²) < 4.78 is 24.7. The van der Waals surface area contributed by atoms with Gasteiger partial charge in [0.25, 0.3) is 5.91 Å². The third-order valence-electron chi connectivity index (χ3n) is 4.97. The minimum absolute atomic E-state index is 0.0659. The van der Waals surface area contributed by atoms with Crippen molar-refractivity contribution in [1.82, 2.24) is 9.80 Å². The maximum atomic E-state index is 13.3. The van der Waals surface area contributed by atoms with Gasteiger partial charge in [-0.25, -0.2) is 4.39 Å². The summed E-state index contributed by atoms with van der Waals surface area (Å²) in [4.78, 5) is 28.6. The van der Waals surface area contributed by atoms with Gasteiger partial charge in [-0.2, -0.15) is 0 Å². The van der Waals surface area contributed by atoms with Crippen molar-refractivity contribution in [2.45, 2.75) is 12.5 Å². The molecule has 0 N–H and O–H groups in total. The number of hydrogen-bond donors (Lipinski definition) is 0. The lowest BCUT2D eigenvalue weighted by atomic mass is 10.1. The molecule has 2 heterocycles. The molecule has 1 fully saturated rings. The third kappa shape index (κ3) is 3.93. The second-order valence-electron chi connectivity index (χ2n) is 6.88. The SMILES string of the molecule is O=C(Cc1cccc(F)c1)N1CCN(C(=O)[C@H]2COc3ccccc3O2)CC1. The topological polar surface area (TPSA) is 59.1 Å². The molecule has 0 bridgehead atoms. The van der Waals surface area contributed by atoms with E-state index < -0.39 is 6.10 Å². The average molecular weight is 384 g/mol. The van der Waals surface area contributed by atoms with Crippen LogP contribution in [-0.4, -0.2) is 60.5 Å². The number of fused-ring (bicyclic) bond motifs is 1. The molecule has 1 saturated heterocycles. The Kier molecular flexibility index (Phi) is 5.14. The first kappa shape index (κ1) is 18.3. The molecule has 2 amide bonds. The first-order valence-corrected chi connectivity index (χ1v) is 9.29. The standard InChI is InChI=1S/C21H21FN2O4/c22-16-5-3-4-15(12-16)13-20(25)23-8-10-24(11-9-23)21(26)19-14-27-17-6-1-2-7-18(17)28-19/h1-7,12,19H,8-11,13-14H2/t19-/m1/s1.